The van der Waals surface area contributed by atoms with Crippen LogP contribution in [0.2, 0.25) is 0 Å². The number of hydrogen-bond donors (Lipinski definition) is 2. The first-order valence-corrected chi connectivity index (χ1v) is 5.24. The first-order chi connectivity index (χ1) is 8.63. The topological polar surface area (TPSA) is 74.6 Å². The van der Waals surface area contributed by atoms with Gasteiger partial charge in [-0.15, -0.1) is 0 Å². The largest absolute Gasteiger partial charge is 0.507 e. The Bertz CT molecular complexity index is 617. The number of hydrogen-bond acceptors (Lipinski definition) is 3. The van der Waals surface area contributed by atoms with Crippen molar-refractivity contribution in [3.05, 3.63) is 53.6 Å². The van der Waals surface area contributed by atoms with Crippen molar-refractivity contribution in [3.8, 4) is 16.9 Å². The van der Waals surface area contributed by atoms with Gasteiger partial charge in [0.25, 0.3) is 0 Å². The summed E-state index contributed by atoms with van der Waals surface area (Å²) in [6, 6.07) is 10.8. The van der Waals surface area contributed by atoms with E-state index in [4.69, 9.17) is 5.11 Å². The molecule has 0 atom stereocenters. The minimum absolute atomic E-state index is 0.000154. The molecule has 2 aromatic carbocycles. The Morgan fingerprint density at radius 2 is 1.78 bits per heavy atom. The number of aromatic hydroxyl groups is 1. The third kappa shape index (κ3) is 2.08. The van der Waals surface area contributed by atoms with E-state index in [9.17, 15) is 14.7 Å². The first-order valence-electron chi connectivity index (χ1n) is 5.24. The Labute approximate surface area is 103 Å². The smallest absolute Gasteiger partial charge is 0.335 e. The highest BCUT2D eigenvalue weighted by atomic mass is 16.4. The van der Waals surface area contributed by atoms with Gasteiger partial charge in [0.15, 0.2) is 6.29 Å². The maximum Gasteiger partial charge on any atom is 0.335 e. The number of carbonyl (C=O) groups excluding carboxylic acids is 1. The Morgan fingerprint density at radius 3 is 2.39 bits per heavy atom. The zero-order valence-corrected chi connectivity index (χ0v) is 9.33. The molecule has 0 aliphatic carbocycles. The molecule has 0 unspecified atom stereocenters. The van der Waals surface area contributed by atoms with Crippen LogP contribution in [0.15, 0.2) is 42.5 Å². The Hall–Kier alpha value is -2.62. The maximum atomic E-state index is 10.9. The fraction of sp³-hybridized carbons (Fsp3) is 0. The molecule has 0 bridgehead atoms. The van der Waals surface area contributed by atoms with Crippen LogP contribution < -0.4 is 0 Å². The molecule has 0 fully saturated rings. The predicted octanol–water partition coefficient (Wildman–Crippen LogP) is 2.57. The lowest BCUT2D eigenvalue weighted by Gasteiger charge is -2.07. The Morgan fingerprint density at radius 1 is 1.06 bits per heavy atom. The van der Waals surface area contributed by atoms with Crippen LogP contribution in [0, 0.1) is 0 Å². The van der Waals surface area contributed by atoms with Gasteiger partial charge in [-0.3, -0.25) is 4.79 Å². The van der Waals surface area contributed by atoms with E-state index in [-0.39, 0.29) is 11.3 Å². The van der Waals surface area contributed by atoms with E-state index in [1.54, 1.807) is 24.3 Å². The summed E-state index contributed by atoms with van der Waals surface area (Å²) in [6.45, 7) is 0. The van der Waals surface area contributed by atoms with Crippen molar-refractivity contribution in [2.45, 2.75) is 0 Å². The zero-order valence-electron chi connectivity index (χ0n) is 9.33. The van der Waals surface area contributed by atoms with E-state index >= 15 is 0 Å². The van der Waals surface area contributed by atoms with Gasteiger partial charge in [-0.05, 0) is 23.8 Å². The fourth-order valence-electron chi connectivity index (χ4n) is 1.74. The normalized spacial score (nSPS) is 10.0. The van der Waals surface area contributed by atoms with E-state index in [2.05, 4.69) is 0 Å². The quantitative estimate of drug-likeness (QED) is 0.811. The number of carbonyl (C=O) groups is 2. The van der Waals surface area contributed by atoms with Crippen molar-refractivity contribution in [2.24, 2.45) is 0 Å². The number of benzene rings is 2. The molecule has 90 valence electrons. The van der Waals surface area contributed by atoms with Crippen LogP contribution >= 0.6 is 0 Å². The van der Waals surface area contributed by atoms with Gasteiger partial charge in [-0.1, -0.05) is 24.3 Å². The summed E-state index contributed by atoms with van der Waals surface area (Å²) < 4.78 is 0. The number of carboxylic acid groups (broad SMARTS) is 1. The van der Waals surface area contributed by atoms with Gasteiger partial charge in [-0.2, -0.15) is 0 Å². The van der Waals surface area contributed by atoms with E-state index in [0.717, 1.165) is 0 Å². The van der Waals surface area contributed by atoms with Crippen LogP contribution in [0.25, 0.3) is 11.1 Å². The lowest BCUT2D eigenvalue weighted by atomic mass is 9.98. The highest BCUT2D eigenvalue weighted by Gasteiger charge is 2.11. The number of aromatic carboxylic acids is 1. The maximum absolute atomic E-state index is 10.9. The third-order valence-corrected chi connectivity index (χ3v) is 2.62. The molecule has 0 radical (unpaired) electrons. The Kier molecular flexibility index (Phi) is 3.10. The van der Waals surface area contributed by atoms with Gasteiger partial charge in [-0.25, -0.2) is 4.79 Å². The molecular formula is C14H10O4. The molecule has 0 saturated heterocycles. The van der Waals surface area contributed by atoms with Crippen molar-refractivity contribution >= 4 is 12.3 Å². The standard InChI is InChI=1S/C14H10O4/c15-8-10-3-1-2-4-11(10)12-6-5-9(14(17)18)7-13(12)16/h1-8,16H,(H,17,18). The number of aldehydes is 1. The third-order valence-electron chi connectivity index (χ3n) is 2.62. The summed E-state index contributed by atoms with van der Waals surface area (Å²) >= 11 is 0. The molecule has 4 nitrogen and oxygen atoms in total. The van der Waals surface area contributed by atoms with Gasteiger partial charge >= 0.3 is 5.97 Å². The van der Waals surface area contributed by atoms with Gasteiger partial charge < -0.3 is 10.2 Å². The highest BCUT2D eigenvalue weighted by molar-refractivity contribution is 5.92. The molecule has 0 amide bonds. The van der Waals surface area contributed by atoms with Crippen molar-refractivity contribution in [3.63, 3.8) is 0 Å². The molecule has 0 aliphatic rings. The number of rotatable bonds is 3. The minimum atomic E-state index is -1.11. The SMILES string of the molecule is O=Cc1ccccc1-c1ccc(C(=O)O)cc1O. The second kappa shape index (κ2) is 4.71. The number of phenolic OH excluding ortho intramolecular Hbond substituents is 1. The molecular weight excluding hydrogens is 232 g/mol. The van der Waals surface area contributed by atoms with Crippen molar-refractivity contribution < 1.29 is 19.8 Å². The van der Waals surface area contributed by atoms with Gasteiger partial charge in [0, 0.05) is 11.1 Å². The second-order valence-corrected chi connectivity index (χ2v) is 3.74. The molecule has 0 aliphatic heterocycles. The molecule has 0 saturated carbocycles. The van der Waals surface area contributed by atoms with Crippen LogP contribution in [0.4, 0.5) is 0 Å². The predicted molar refractivity (Wildman–Crippen MR) is 65.9 cm³/mol. The van der Waals surface area contributed by atoms with Crippen molar-refractivity contribution in [1.82, 2.24) is 0 Å². The lowest BCUT2D eigenvalue weighted by Crippen LogP contribution is -1.96. The molecule has 4 heteroatoms. The van der Waals surface area contributed by atoms with E-state index < -0.39 is 5.97 Å². The van der Waals surface area contributed by atoms with Crippen LogP contribution in [0.1, 0.15) is 20.7 Å². The summed E-state index contributed by atoms with van der Waals surface area (Å²) in [7, 11) is 0. The number of phenols is 1. The van der Waals surface area contributed by atoms with E-state index in [1.807, 2.05) is 0 Å². The minimum Gasteiger partial charge on any atom is -0.507 e. The summed E-state index contributed by atoms with van der Waals surface area (Å²) in [4.78, 5) is 21.7. The van der Waals surface area contributed by atoms with Crippen LogP contribution in [-0.4, -0.2) is 22.5 Å². The van der Waals surface area contributed by atoms with E-state index in [1.165, 1.54) is 18.2 Å². The molecule has 2 rings (SSSR count). The Balaban J connectivity index is 2.58. The van der Waals surface area contributed by atoms with Crippen molar-refractivity contribution in [2.75, 3.05) is 0 Å². The molecule has 0 heterocycles. The zero-order chi connectivity index (χ0) is 13.1. The number of carboxylic acids is 1. The lowest BCUT2D eigenvalue weighted by molar-refractivity contribution is 0.0696. The molecule has 0 spiro atoms. The fourth-order valence-corrected chi connectivity index (χ4v) is 1.74. The van der Waals surface area contributed by atoms with Gasteiger partial charge in [0.05, 0.1) is 5.56 Å². The summed E-state index contributed by atoms with van der Waals surface area (Å²) in [5.74, 6) is -1.27. The molecule has 18 heavy (non-hydrogen) atoms. The van der Waals surface area contributed by atoms with Crippen LogP contribution in [-0.2, 0) is 0 Å². The second-order valence-electron chi connectivity index (χ2n) is 3.74. The monoisotopic (exact) mass is 242 g/mol. The molecule has 2 N–H and O–H groups in total. The van der Waals surface area contributed by atoms with Crippen molar-refractivity contribution in [1.29, 1.82) is 0 Å². The first kappa shape index (κ1) is 11.9. The van der Waals surface area contributed by atoms with Gasteiger partial charge in [0.1, 0.15) is 5.75 Å². The van der Waals surface area contributed by atoms with Crippen LogP contribution in [0.3, 0.4) is 0 Å². The molecule has 2 aromatic rings. The summed E-state index contributed by atoms with van der Waals surface area (Å²) in [6.07, 6.45) is 0.694. The highest BCUT2D eigenvalue weighted by Crippen LogP contribution is 2.31. The summed E-state index contributed by atoms with van der Waals surface area (Å²) in [5, 5.41) is 18.6. The molecule has 0 aromatic heterocycles. The van der Waals surface area contributed by atoms with Gasteiger partial charge in [0.2, 0.25) is 0 Å². The average Bonchev–Trinajstić information content (AvgIpc) is 2.38. The van der Waals surface area contributed by atoms with Crippen LogP contribution in [0.5, 0.6) is 5.75 Å². The average molecular weight is 242 g/mol. The summed E-state index contributed by atoms with van der Waals surface area (Å²) in [5.41, 5.74) is 1.44. The van der Waals surface area contributed by atoms with E-state index in [0.29, 0.717) is 23.0 Å².